The molecule has 8 nitrogen and oxygen atoms in total. The standard InChI is InChI=1S/C17H22N4O4S/c1-12-17(13(2)25-19-12)26(23,24)21-9-7-20(8-10-21)16(22)11-14-3-5-15(18)6-4-14/h3-6H,7-11,18H2,1-2H3. The van der Waals surface area contributed by atoms with Crippen molar-refractivity contribution in [3.8, 4) is 0 Å². The molecule has 1 aliphatic rings. The minimum absolute atomic E-state index is 0.0239. The normalized spacial score (nSPS) is 16.0. The number of anilines is 1. The number of nitrogen functional groups attached to an aromatic ring is 1. The number of nitrogens with zero attached hydrogens (tertiary/aromatic N) is 3. The number of carbonyl (C=O) groups is 1. The quantitative estimate of drug-likeness (QED) is 0.793. The van der Waals surface area contributed by atoms with Crippen molar-refractivity contribution in [2.24, 2.45) is 0 Å². The molecule has 26 heavy (non-hydrogen) atoms. The smallest absolute Gasteiger partial charge is 0.248 e. The van der Waals surface area contributed by atoms with Crippen molar-refractivity contribution in [3.05, 3.63) is 41.3 Å². The van der Waals surface area contributed by atoms with Crippen LogP contribution in [0.25, 0.3) is 0 Å². The molecule has 1 aliphatic heterocycles. The fourth-order valence-electron chi connectivity index (χ4n) is 3.07. The molecule has 0 unspecified atom stereocenters. The van der Waals surface area contributed by atoms with Gasteiger partial charge >= 0.3 is 0 Å². The summed E-state index contributed by atoms with van der Waals surface area (Å²) < 4.78 is 32.0. The molecule has 0 saturated carbocycles. The minimum Gasteiger partial charge on any atom is -0.399 e. The second kappa shape index (κ2) is 7.08. The predicted molar refractivity (Wildman–Crippen MR) is 95.9 cm³/mol. The van der Waals surface area contributed by atoms with E-state index in [4.69, 9.17) is 10.3 Å². The Hall–Kier alpha value is -2.39. The van der Waals surface area contributed by atoms with Crippen molar-refractivity contribution in [3.63, 3.8) is 0 Å². The van der Waals surface area contributed by atoms with Crippen molar-refractivity contribution in [2.75, 3.05) is 31.9 Å². The van der Waals surface area contributed by atoms with Crippen LogP contribution >= 0.6 is 0 Å². The lowest BCUT2D eigenvalue weighted by molar-refractivity contribution is -0.131. The lowest BCUT2D eigenvalue weighted by Crippen LogP contribution is -2.51. The van der Waals surface area contributed by atoms with E-state index in [9.17, 15) is 13.2 Å². The highest BCUT2D eigenvalue weighted by Crippen LogP contribution is 2.24. The van der Waals surface area contributed by atoms with Crippen LogP contribution in [0.3, 0.4) is 0 Å². The summed E-state index contributed by atoms with van der Waals surface area (Å²) in [4.78, 5) is 14.3. The number of rotatable bonds is 4. The summed E-state index contributed by atoms with van der Waals surface area (Å²) in [5, 5.41) is 3.72. The molecule has 2 N–H and O–H groups in total. The highest BCUT2D eigenvalue weighted by atomic mass is 32.2. The summed E-state index contributed by atoms with van der Waals surface area (Å²) in [6, 6.07) is 7.17. The van der Waals surface area contributed by atoms with Crippen LogP contribution in [0.2, 0.25) is 0 Å². The molecule has 3 rings (SSSR count). The van der Waals surface area contributed by atoms with Crippen molar-refractivity contribution in [1.29, 1.82) is 0 Å². The number of benzene rings is 1. The summed E-state index contributed by atoms with van der Waals surface area (Å²) in [5.41, 5.74) is 7.54. The zero-order valence-electron chi connectivity index (χ0n) is 14.8. The van der Waals surface area contributed by atoms with Gasteiger partial charge in [-0.3, -0.25) is 4.79 Å². The lowest BCUT2D eigenvalue weighted by Gasteiger charge is -2.34. The van der Waals surface area contributed by atoms with Gasteiger partial charge in [-0.15, -0.1) is 0 Å². The molecule has 0 bridgehead atoms. The first-order valence-corrected chi connectivity index (χ1v) is 9.78. The zero-order chi connectivity index (χ0) is 18.9. The highest BCUT2D eigenvalue weighted by Gasteiger charge is 2.34. The van der Waals surface area contributed by atoms with Gasteiger partial charge in [0, 0.05) is 31.9 Å². The molecule has 0 spiro atoms. The first kappa shape index (κ1) is 18.4. The zero-order valence-corrected chi connectivity index (χ0v) is 15.6. The average molecular weight is 378 g/mol. The van der Waals surface area contributed by atoms with Crippen LogP contribution in [0, 0.1) is 13.8 Å². The Morgan fingerprint density at radius 3 is 2.31 bits per heavy atom. The van der Waals surface area contributed by atoms with Crippen molar-refractivity contribution < 1.29 is 17.7 Å². The monoisotopic (exact) mass is 378 g/mol. The van der Waals surface area contributed by atoms with E-state index in [1.807, 2.05) is 12.1 Å². The van der Waals surface area contributed by atoms with E-state index in [1.165, 1.54) is 4.31 Å². The summed E-state index contributed by atoms with van der Waals surface area (Å²) in [6.07, 6.45) is 0.275. The number of hydrogen-bond acceptors (Lipinski definition) is 6. The molecule has 2 aromatic rings. The van der Waals surface area contributed by atoms with Gasteiger partial charge in [0.05, 0.1) is 6.42 Å². The van der Waals surface area contributed by atoms with E-state index in [2.05, 4.69) is 5.16 Å². The van der Waals surface area contributed by atoms with Crippen molar-refractivity contribution >= 4 is 21.6 Å². The number of sulfonamides is 1. The molecule has 1 saturated heterocycles. The number of hydrogen-bond donors (Lipinski definition) is 1. The van der Waals surface area contributed by atoms with Crippen LogP contribution in [-0.4, -0.2) is 54.9 Å². The van der Waals surface area contributed by atoms with Gasteiger partial charge in [0.1, 0.15) is 10.6 Å². The van der Waals surface area contributed by atoms with E-state index in [0.29, 0.717) is 24.5 Å². The molecule has 0 radical (unpaired) electrons. The fraction of sp³-hybridized carbons (Fsp3) is 0.412. The van der Waals surface area contributed by atoms with E-state index < -0.39 is 10.0 Å². The van der Waals surface area contributed by atoms with Gasteiger partial charge in [0.25, 0.3) is 0 Å². The van der Waals surface area contributed by atoms with Gasteiger partial charge < -0.3 is 15.2 Å². The van der Waals surface area contributed by atoms with E-state index >= 15 is 0 Å². The molecule has 1 aromatic heterocycles. The largest absolute Gasteiger partial charge is 0.399 e. The Kier molecular flexibility index (Phi) is 5.01. The molecule has 0 atom stereocenters. The Bertz CT molecular complexity index is 878. The van der Waals surface area contributed by atoms with Crippen LogP contribution in [0.15, 0.2) is 33.7 Å². The summed E-state index contributed by atoms with van der Waals surface area (Å²) in [7, 11) is -3.67. The number of amides is 1. The maximum absolute atomic E-state index is 12.8. The van der Waals surface area contributed by atoms with Crippen LogP contribution < -0.4 is 5.73 Å². The Morgan fingerprint density at radius 2 is 1.77 bits per heavy atom. The molecule has 1 aromatic carbocycles. The Balaban J connectivity index is 1.63. The molecule has 0 aliphatic carbocycles. The number of carbonyl (C=O) groups excluding carboxylic acids is 1. The molecule has 2 heterocycles. The van der Waals surface area contributed by atoms with E-state index in [0.717, 1.165) is 5.56 Å². The maximum atomic E-state index is 12.8. The third-order valence-corrected chi connectivity index (χ3v) is 6.64. The minimum atomic E-state index is -3.67. The second-order valence-corrected chi connectivity index (χ2v) is 8.23. The van der Waals surface area contributed by atoms with Crippen LogP contribution in [0.4, 0.5) is 5.69 Å². The molecule has 140 valence electrons. The topological polar surface area (TPSA) is 110 Å². The van der Waals surface area contributed by atoms with Gasteiger partial charge in [-0.1, -0.05) is 17.3 Å². The second-order valence-electron chi connectivity index (χ2n) is 6.36. The van der Waals surface area contributed by atoms with Crippen molar-refractivity contribution in [2.45, 2.75) is 25.2 Å². The number of aryl methyl sites for hydroxylation is 2. The van der Waals surface area contributed by atoms with Gasteiger partial charge in [0.15, 0.2) is 5.76 Å². The molecule has 1 amide bonds. The molecule has 9 heteroatoms. The van der Waals surface area contributed by atoms with Crippen LogP contribution in [0.5, 0.6) is 0 Å². The maximum Gasteiger partial charge on any atom is 0.248 e. The van der Waals surface area contributed by atoms with Crippen molar-refractivity contribution in [1.82, 2.24) is 14.4 Å². The SMILES string of the molecule is Cc1noc(C)c1S(=O)(=O)N1CCN(C(=O)Cc2ccc(N)cc2)CC1. The molecular weight excluding hydrogens is 356 g/mol. The summed E-state index contributed by atoms with van der Waals surface area (Å²) >= 11 is 0. The Labute approximate surface area is 152 Å². The third kappa shape index (κ3) is 3.58. The fourth-order valence-corrected chi connectivity index (χ4v) is 4.79. The lowest BCUT2D eigenvalue weighted by atomic mass is 10.1. The van der Waals surface area contributed by atoms with Gasteiger partial charge in [-0.05, 0) is 31.5 Å². The van der Waals surface area contributed by atoms with Crippen LogP contribution in [0.1, 0.15) is 17.0 Å². The summed E-state index contributed by atoms with van der Waals surface area (Å²) in [6.45, 7) is 4.40. The van der Waals surface area contributed by atoms with Gasteiger partial charge in [0.2, 0.25) is 15.9 Å². The molecular formula is C17H22N4O4S. The summed E-state index contributed by atoms with van der Waals surface area (Å²) in [5.74, 6) is 0.258. The first-order valence-electron chi connectivity index (χ1n) is 8.34. The van der Waals surface area contributed by atoms with E-state index in [-0.39, 0.29) is 36.1 Å². The Morgan fingerprint density at radius 1 is 1.15 bits per heavy atom. The number of aromatic nitrogens is 1. The number of nitrogens with two attached hydrogens (primary N) is 1. The molecule has 1 fully saturated rings. The predicted octanol–water partition coefficient (Wildman–Crippen LogP) is 0.949. The first-order chi connectivity index (χ1) is 12.3. The number of piperazine rings is 1. The van der Waals surface area contributed by atoms with Crippen LogP contribution in [-0.2, 0) is 21.2 Å². The van der Waals surface area contributed by atoms with E-state index in [1.54, 1.807) is 30.9 Å². The van der Waals surface area contributed by atoms with Gasteiger partial charge in [-0.25, -0.2) is 8.42 Å². The average Bonchev–Trinajstić information content (AvgIpc) is 2.96. The van der Waals surface area contributed by atoms with Gasteiger partial charge in [-0.2, -0.15) is 4.31 Å². The third-order valence-electron chi connectivity index (χ3n) is 4.49. The highest BCUT2D eigenvalue weighted by molar-refractivity contribution is 7.89.